The van der Waals surface area contributed by atoms with E-state index in [0.29, 0.717) is 0 Å². The van der Waals surface area contributed by atoms with Gasteiger partial charge in [-0.1, -0.05) is 6.08 Å². The lowest BCUT2D eigenvalue weighted by atomic mass is 10.4. The number of rotatable bonds is 1. The first-order valence-corrected chi connectivity index (χ1v) is 3.76. The standard InChI is InChI=1S/C8H13NO/c1-2-5-8(10)9-6-3-4-7-9/h2,5H,3-4,6-7H2,1H3/b5-2+. The zero-order valence-corrected chi connectivity index (χ0v) is 6.34. The number of likely N-dealkylation sites (tertiary alicyclic amines) is 1. The van der Waals surface area contributed by atoms with E-state index in [9.17, 15) is 4.79 Å². The average Bonchev–Trinajstić information content (AvgIpc) is 2.38. The van der Waals surface area contributed by atoms with E-state index in [4.69, 9.17) is 0 Å². The number of hydrogen-bond donors (Lipinski definition) is 0. The maximum absolute atomic E-state index is 11.1. The van der Waals surface area contributed by atoms with Crippen molar-refractivity contribution in [3.05, 3.63) is 12.2 Å². The molecule has 0 atom stereocenters. The molecule has 2 nitrogen and oxygen atoms in total. The number of amides is 1. The van der Waals surface area contributed by atoms with E-state index in [-0.39, 0.29) is 5.91 Å². The van der Waals surface area contributed by atoms with Crippen LogP contribution in [-0.2, 0) is 4.79 Å². The predicted molar refractivity (Wildman–Crippen MR) is 40.6 cm³/mol. The fourth-order valence-corrected chi connectivity index (χ4v) is 1.19. The number of hydrogen-bond acceptors (Lipinski definition) is 1. The smallest absolute Gasteiger partial charge is 0.246 e. The summed E-state index contributed by atoms with van der Waals surface area (Å²) in [5.41, 5.74) is 0. The first kappa shape index (κ1) is 7.32. The van der Waals surface area contributed by atoms with Crippen LogP contribution in [0.3, 0.4) is 0 Å². The lowest BCUT2D eigenvalue weighted by molar-refractivity contribution is -0.124. The van der Waals surface area contributed by atoms with Gasteiger partial charge in [-0.25, -0.2) is 0 Å². The van der Waals surface area contributed by atoms with Gasteiger partial charge in [0, 0.05) is 13.1 Å². The summed E-state index contributed by atoms with van der Waals surface area (Å²) >= 11 is 0. The molecule has 0 N–H and O–H groups in total. The molecule has 0 radical (unpaired) electrons. The maximum atomic E-state index is 11.1. The Hall–Kier alpha value is -0.790. The summed E-state index contributed by atoms with van der Waals surface area (Å²) in [6, 6.07) is 0. The van der Waals surface area contributed by atoms with Gasteiger partial charge in [-0.3, -0.25) is 4.79 Å². The van der Waals surface area contributed by atoms with Gasteiger partial charge in [0.25, 0.3) is 0 Å². The molecule has 0 aromatic rings. The van der Waals surface area contributed by atoms with E-state index in [2.05, 4.69) is 0 Å². The molecule has 0 unspecified atom stereocenters. The second-order valence-electron chi connectivity index (χ2n) is 2.53. The van der Waals surface area contributed by atoms with Gasteiger partial charge in [0.2, 0.25) is 5.91 Å². The molecule has 0 spiro atoms. The Morgan fingerprint density at radius 1 is 1.40 bits per heavy atom. The third-order valence-corrected chi connectivity index (χ3v) is 1.73. The minimum atomic E-state index is 0.167. The number of nitrogens with zero attached hydrogens (tertiary/aromatic N) is 1. The van der Waals surface area contributed by atoms with E-state index < -0.39 is 0 Å². The van der Waals surface area contributed by atoms with Crippen molar-refractivity contribution < 1.29 is 4.79 Å². The van der Waals surface area contributed by atoms with E-state index in [0.717, 1.165) is 13.1 Å². The number of allylic oxidation sites excluding steroid dienone is 1. The molecule has 0 aromatic carbocycles. The highest BCUT2D eigenvalue weighted by atomic mass is 16.2. The minimum absolute atomic E-state index is 0.167. The first-order chi connectivity index (χ1) is 4.84. The molecule has 10 heavy (non-hydrogen) atoms. The van der Waals surface area contributed by atoms with Crippen LogP contribution in [-0.4, -0.2) is 23.9 Å². The van der Waals surface area contributed by atoms with Crippen LogP contribution in [0.15, 0.2) is 12.2 Å². The van der Waals surface area contributed by atoms with Gasteiger partial charge in [0.1, 0.15) is 0 Å². The molecule has 0 saturated carbocycles. The van der Waals surface area contributed by atoms with Crippen LogP contribution >= 0.6 is 0 Å². The highest BCUT2D eigenvalue weighted by Crippen LogP contribution is 2.07. The largest absolute Gasteiger partial charge is 0.339 e. The summed E-state index contributed by atoms with van der Waals surface area (Å²) in [7, 11) is 0. The molecule has 1 heterocycles. The Kier molecular flexibility index (Phi) is 2.49. The molecule has 0 aliphatic carbocycles. The van der Waals surface area contributed by atoms with Gasteiger partial charge in [-0.05, 0) is 25.8 Å². The Balaban J connectivity index is 2.40. The van der Waals surface area contributed by atoms with E-state index in [1.807, 2.05) is 11.8 Å². The lowest BCUT2D eigenvalue weighted by Crippen LogP contribution is -2.25. The van der Waals surface area contributed by atoms with Crippen molar-refractivity contribution in [1.82, 2.24) is 4.90 Å². The van der Waals surface area contributed by atoms with Crippen molar-refractivity contribution in [3.63, 3.8) is 0 Å². The topological polar surface area (TPSA) is 20.3 Å². The van der Waals surface area contributed by atoms with Crippen molar-refractivity contribution in [2.75, 3.05) is 13.1 Å². The summed E-state index contributed by atoms with van der Waals surface area (Å²) in [4.78, 5) is 13.0. The molecule has 1 aliphatic rings. The lowest BCUT2D eigenvalue weighted by Gasteiger charge is -2.11. The fourth-order valence-electron chi connectivity index (χ4n) is 1.19. The molecular weight excluding hydrogens is 126 g/mol. The molecule has 1 aliphatic heterocycles. The molecule has 0 aromatic heterocycles. The van der Waals surface area contributed by atoms with E-state index in [1.54, 1.807) is 12.2 Å². The Labute approximate surface area is 61.5 Å². The number of carbonyl (C=O) groups is 1. The highest BCUT2D eigenvalue weighted by molar-refractivity contribution is 5.87. The predicted octanol–water partition coefficient (Wildman–Crippen LogP) is 1.18. The van der Waals surface area contributed by atoms with Gasteiger partial charge >= 0.3 is 0 Å². The summed E-state index contributed by atoms with van der Waals surface area (Å²) in [6.07, 6.45) is 5.76. The van der Waals surface area contributed by atoms with Gasteiger partial charge in [-0.2, -0.15) is 0 Å². The quantitative estimate of drug-likeness (QED) is 0.500. The number of carbonyl (C=O) groups excluding carboxylic acids is 1. The SMILES string of the molecule is C/C=C/C(=O)N1CCCC1. The Bertz CT molecular complexity index is 145. The van der Waals surface area contributed by atoms with Crippen LogP contribution in [0.2, 0.25) is 0 Å². The molecular formula is C8H13NO. The van der Waals surface area contributed by atoms with Crippen molar-refractivity contribution in [2.45, 2.75) is 19.8 Å². The molecule has 1 amide bonds. The van der Waals surface area contributed by atoms with Crippen LogP contribution in [0, 0.1) is 0 Å². The Morgan fingerprint density at radius 3 is 2.50 bits per heavy atom. The van der Waals surface area contributed by atoms with E-state index in [1.165, 1.54) is 12.8 Å². The third kappa shape index (κ3) is 1.59. The molecule has 0 bridgehead atoms. The summed E-state index contributed by atoms with van der Waals surface area (Å²) in [5.74, 6) is 0.167. The van der Waals surface area contributed by atoms with Gasteiger partial charge in [0.15, 0.2) is 0 Å². The molecule has 1 fully saturated rings. The van der Waals surface area contributed by atoms with Gasteiger partial charge in [0.05, 0.1) is 0 Å². The van der Waals surface area contributed by atoms with Crippen LogP contribution in [0.5, 0.6) is 0 Å². The molecule has 56 valence electrons. The van der Waals surface area contributed by atoms with Crippen molar-refractivity contribution in [1.29, 1.82) is 0 Å². The highest BCUT2D eigenvalue weighted by Gasteiger charge is 2.14. The fraction of sp³-hybridized carbons (Fsp3) is 0.625. The average molecular weight is 139 g/mol. The minimum Gasteiger partial charge on any atom is -0.339 e. The second kappa shape index (κ2) is 3.40. The molecule has 1 saturated heterocycles. The van der Waals surface area contributed by atoms with E-state index >= 15 is 0 Å². The molecule has 1 rings (SSSR count). The monoisotopic (exact) mass is 139 g/mol. The first-order valence-electron chi connectivity index (χ1n) is 3.76. The Morgan fingerprint density at radius 2 is 2.00 bits per heavy atom. The van der Waals surface area contributed by atoms with Crippen molar-refractivity contribution in [3.8, 4) is 0 Å². The van der Waals surface area contributed by atoms with Gasteiger partial charge in [-0.15, -0.1) is 0 Å². The summed E-state index contributed by atoms with van der Waals surface area (Å²) < 4.78 is 0. The van der Waals surface area contributed by atoms with Crippen LogP contribution in [0.25, 0.3) is 0 Å². The summed E-state index contributed by atoms with van der Waals surface area (Å²) in [6.45, 7) is 3.76. The van der Waals surface area contributed by atoms with Crippen molar-refractivity contribution in [2.24, 2.45) is 0 Å². The van der Waals surface area contributed by atoms with Gasteiger partial charge < -0.3 is 4.90 Å². The maximum Gasteiger partial charge on any atom is 0.246 e. The zero-order valence-electron chi connectivity index (χ0n) is 6.34. The zero-order chi connectivity index (χ0) is 7.40. The second-order valence-corrected chi connectivity index (χ2v) is 2.53. The van der Waals surface area contributed by atoms with Crippen LogP contribution in [0.1, 0.15) is 19.8 Å². The third-order valence-electron chi connectivity index (χ3n) is 1.73. The van der Waals surface area contributed by atoms with Crippen LogP contribution in [0.4, 0.5) is 0 Å². The molecule has 2 heteroatoms. The normalized spacial score (nSPS) is 18.7. The van der Waals surface area contributed by atoms with Crippen molar-refractivity contribution >= 4 is 5.91 Å². The summed E-state index contributed by atoms with van der Waals surface area (Å²) in [5, 5.41) is 0. The van der Waals surface area contributed by atoms with Crippen LogP contribution < -0.4 is 0 Å².